The van der Waals surface area contributed by atoms with Gasteiger partial charge in [0.1, 0.15) is 23.6 Å². The van der Waals surface area contributed by atoms with Crippen LogP contribution in [0.15, 0.2) is 30.3 Å². The topological polar surface area (TPSA) is 65.5 Å². The maximum atomic E-state index is 14.7. The lowest BCUT2D eigenvalue weighted by Crippen LogP contribution is -2.20. The molecule has 3 aromatic rings. The monoisotopic (exact) mass is 493 g/mol. The van der Waals surface area contributed by atoms with Crippen LogP contribution in [0.1, 0.15) is 49.7 Å². The van der Waals surface area contributed by atoms with Gasteiger partial charge in [0.15, 0.2) is 11.5 Å². The number of benzene rings is 2. The molecule has 10 heteroatoms. The van der Waals surface area contributed by atoms with E-state index in [1.165, 1.54) is 19.2 Å². The second kappa shape index (κ2) is 9.85. The molecule has 0 spiro atoms. The van der Waals surface area contributed by atoms with E-state index in [4.69, 9.17) is 14.2 Å². The number of aromatic nitrogens is 2. The first-order valence-electron chi connectivity index (χ1n) is 11.3. The Morgan fingerprint density at radius 1 is 1.11 bits per heavy atom. The Labute approximate surface area is 200 Å². The molecule has 0 saturated heterocycles. The van der Waals surface area contributed by atoms with E-state index in [1.54, 1.807) is 26.0 Å². The minimum atomic E-state index is -4.79. The molecule has 6 nitrogen and oxygen atoms in total. The molecule has 0 amide bonds. The largest absolute Gasteiger partial charge is 0.493 e. The molecule has 35 heavy (non-hydrogen) atoms. The highest BCUT2D eigenvalue weighted by molar-refractivity contribution is 5.92. The van der Waals surface area contributed by atoms with Gasteiger partial charge in [-0.1, -0.05) is 12.1 Å². The zero-order valence-corrected chi connectivity index (χ0v) is 19.9. The van der Waals surface area contributed by atoms with E-state index in [9.17, 15) is 17.6 Å². The minimum Gasteiger partial charge on any atom is -0.493 e. The Kier molecular flexibility index (Phi) is 7.02. The van der Waals surface area contributed by atoms with Gasteiger partial charge in [-0.15, -0.1) is 0 Å². The van der Waals surface area contributed by atoms with Gasteiger partial charge in [0.25, 0.3) is 0 Å². The summed E-state index contributed by atoms with van der Waals surface area (Å²) < 4.78 is 71.5. The number of hydrogen-bond acceptors (Lipinski definition) is 6. The summed E-state index contributed by atoms with van der Waals surface area (Å²) in [5.74, 6) is 0.368. The summed E-state index contributed by atoms with van der Waals surface area (Å²) in [4.78, 5) is 8.87. The van der Waals surface area contributed by atoms with Gasteiger partial charge in [-0.2, -0.15) is 13.2 Å². The Bertz CT molecular complexity index is 1210. The van der Waals surface area contributed by atoms with Gasteiger partial charge in [0.2, 0.25) is 0 Å². The Hall–Kier alpha value is -3.14. The van der Waals surface area contributed by atoms with E-state index >= 15 is 0 Å². The van der Waals surface area contributed by atoms with Crippen LogP contribution in [0.3, 0.4) is 0 Å². The SMILES string of the molecule is COc1cc2nc(C)nc(N[C@H](C)c3cccc(C(F)(F)F)c3F)c2cc1O[C@H](C)COC1CC1. The third-order valence-electron chi connectivity index (χ3n) is 5.67. The number of methoxy groups -OCH3 is 1. The van der Waals surface area contributed by atoms with Crippen LogP contribution in [-0.2, 0) is 10.9 Å². The van der Waals surface area contributed by atoms with Crippen molar-refractivity contribution >= 4 is 16.7 Å². The number of alkyl halides is 3. The third kappa shape index (κ3) is 5.75. The van der Waals surface area contributed by atoms with E-state index in [-0.39, 0.29) is 11.7 Å². The molecule has 0 unspecified atom stereocenters. The molecule has 1 aromatic heterocycles. The van der Waals surface area contributed by atoms with Crippen molar-refractivity contribution in [2.24, 2.45) is 0 Å². The number of nitrogens with one attached hydrogen (secondary N) is 1. The molecule has 1 N–H and O–H groups in total. The molecule has 188 valence electrons. The summed E-state index contributed by atoms with van der Waals surface area (Å²) in [5, 5.41) is 3.60. The first-order chi connectivity index (χ1) is 16.6. The summed E-state index contributed by atoms with van der Waals surface area (Å²) >= 11 is 0. The van der Waals surface area contributed by atoms with Crippen LogP contribution in [0.4, 0.5) is 23.4 Å². The number of anilines is 1. The van der Waals surface area contributed by atoms with Gasteiger partial charge in [-0.3, -0.25) is 0 Å². The molecule has 1 aliphatic rings. The van der Waals surface area contributed by atoms with Crippen molar-refractivity contribution in [3.05, 3.63) is 53.1 Å². The van der Waals surface area contributed by atoms with Gasteiger partial charge < -0.3 is 19.5 Å². The molecule has 1 heterocycles. The second-order valence-corrected chi connectivity index (χ2v) is 8.67. The van der Waals surface area contributed by atoms with Crippen molar-refractivity contribution in [1.82, 2.24) is 9.97 Å². The van der Waals surface area contributed by atoms with E-state index in [0.29, 0.717) is 46.8 Å². The molecular weight excluding hydrogens is 466 g/mol. The van der Waals surface area contributed by atoms with Gasteiger partial charge in [-0.05, 0) is 45.7 Å². The summed E-state index contributed by atoms with van der Waals surface area (Å²) in [6.45, 7) is 5.57. The second-order valence-electron chi connectivity index (χ2n) is 8.67. The van der Waals surface area contributed by atoms with Crippen LogP contribution in [0.5, 0.6) is 11.5 Å². The Balaban J connectivity index is 1.66. The molecule has 0 bridgehead atoms. The fourth-order valence-corrected chi connectivity index (χ4v) is 3.76. The number of nitrogens with zero attached hydrogens (tertiary/aromatic N) is 2. The smallest absolute Gasteiger partial charge is 0.419 e. The molecule has 2 atom stereocenters. The fraction of sp³-hybridized carbons (Fsp3) is 0.440. The lowest BCUT2D eigenvalue weighted by atomic mass is 10.0. The van der Waals surface area contributed by atoms with E-state index in [1.807, 2.05) is 6.92 Å². The Morgan fingerprint density at radius 2 is 1.86 bits per heavy atom. The van der Waals surface area contributed by atoms with E-state index in [2.05, 4.69) is 15.3 Å². The predicted molar refractivity (Wildman–Crippen MR) is 123 cm³/mol. The fourth-order valence-electron chi connectivity index (χ4n) is 3.76. The van der Waals surface area contributed by atoms with Crippen molar-refractivity contribution in [2.75, 3.05) is 19.0 Å². The molecule has 1 saturated carbocycles. The van der Waals surface area contributed by atoms with Crippen LogP contribution >= 0.6 is 0 Å². The van der Waals surface area contributed by atoms with Crippen molar-refractivity contribution < 1.29 is 31.8 Å². The summed E-state index contributed by atoms with van der Waals surface area (Å²) in [5.41, 5.74) is -0.891. The van der Waals surface area contributed by atoms with Gasteiger partial charge in [0, 0.05) is 17.0 Å². The van der Waals surface area contributed by atoms with Crippen LogP contribution in [0, 0.1) is 12.7 Å². The first-order valence-corrected chi connectivity index (χ1v) is 11.3. The molecular formula is C25H27F4N3O3. The number of aryl methyl sites for hydroxylation is 1. The lowest BCUT2D eigenvalue weighted by molar-refractivity contribution is -0.140. The summed E-state index contributed by atoms with van der Waals surface area (Å²) in [6, 6.07) is 5.82. The average Bonchev–Trinajstić information content (AvgIpc) is 3.61. The first kappa shape index (κ1) is 25.0. The lowest BCUT2D eigenvalue weighted by Gasteiger charge is -2.21. The number of fused-ring (bicyclic) bond motifs is 1. The molecule has 0 radical (unpaired) electrons. The van der Waals surface area contributed by atoms with E-state index in [0.717, 1.165) is 18.9 Å². The van der Waals surface area contributed by atoms with Crippen molar-refractivity contribution in [1.29, 1.82) is 0 Å². The van der Waals surface area contributed by atoms with Gasteiger partial charge in [0.05, 0.1) is 36.9 Å². The third-order valence-corrected chi connectivity index (χ3v) is 5.67. The zero-order valence-electron chi connectivity index (χ0n) is 19.9. The van der Waals surface area contributed by atoms with Crippen molar-refractivity contribution in [3.63, 3.8) is 0 Å². The predicted octanol–water partition coefficient (Wildman–Crippen LogP) is 6.22. The highest BCUT2D eigenvalue weighted by atomic mass is 19.4. The summed E-state index contributed by atoms with van der Waals surface area (Å²) in [6.07, 6.45) is -2.63. The highest BCUT2D eigenvalue weighted by Crippen LogP contribution is 2.38. The minimum absolute atomic E-state index is 0.125. The summed E-state index contributed by atoms with van der Waals surface area (Å²) in [7, 11) is 1.52. The molecule has 1 aliphatic carbocycles. The number of rotatable bonds is 9. The highest BCUT2D eigenvalue weighted by Gasteiger charge is 2.35. The number of hydrogen-bond donors (Lipinski definition) is 1. The van der Waals surface area contributed by atoms with Gasteiger partial charge in [-0.25, -0.2) is 14.4 Å². The van der Waals surface area contributed by atoms with Crippen molar-refractivity contribution in [2.45, 2.75) is 58.0 Å². The normalized spacial score (nSPS) is 15.7. The maximum absolute atomic E-state index is 14.7. The zero-order chi connectivity index (χ0) is 25.3. The van der Waals surface area contributed by atoms with Crippen LogP contribution in [-0.4, -0.2) is 35.9 Å². The number of halogens is 4. The molecule has 4 rings (SSSR count). The number of ether oxygens (including phenoxy) is 3. The molecule has 0 aliphatic heterocycles. The van der Waals surface area contributed by atoms with Crippen LogP contribution in [0.2, 0.25) is 0 Å². The van der Waals surface area contributed by atoms with Gasteiger partial charge >= 0.3 is 6.18 Å². The van der Waals surface area contributed by atoms with Crippen LogP contribution in [0.25, 0.3) is 10.9 Å². The average molecular weight is 494 g/mol. The molecule has 2 aromatic carbocycles. The Morgan fingerprint density at radius 3 is 2.51 bits per heavy atom. The quantitative estimate of drug-likeness (QED) is 0.357. The molecule has 1 fully saturated rings. The van der Waals surface area contributed by atoms with Crippen molar-refractivity contribution in [3.8, 4) is 11.5 Å². The van der Waals surface area contributed by atoms with E-state index < -0.39 is 23.6 Å². The van der Waals surface area contributed by atoms with Crippen LogP contribution < -0.4 is 14.8 Å². The standard InChI is InChI=1S/C25H27F4N3O3/c1-13(12-34-16-8-9-16)35-22-10-18-20(11-21(22)33-4)31-15(3)32-24(18)30-14(2)17-6-5-7-19(23(17)26)25(27,28)29/h5-7,10-11,13-14,16H,8-9,12H2,1-4H3,(H,30,31,32)/t13-,14-/m1/s1. The maximum Gasteiger partial charge on any atom is 0.419 e.